The van der Waals surface area contributed by atoms with Gasteiger partial charge in [0.15, 0.2) is 0 Å². The van der Waals surface area contributed by atoms with Crippen LogP contribution in [0.5, 0.6) is 0 Å². The second-order valence-corrected chi connectivity index (χ2v) is 14.2. The summed E-state index contributed by atoms with van der Waals surface area (Å²) in [4.78, 5) is 25.7. The molecular formula is C30H44O5. The Labute approximate surface area is 210 Å². The lowest BCUT2D eigenvalue weighted by Crippen LogP contribution is -2.62. The Bertz CT molecular complexity index is 1010. The number of ether oxygens (including phenoxy) is 3. The number of fused-ring (bicyclic) bond motifs is 3. The minimum atomic E-state index is -0.686. The third-order valence-electron chi connectivity index (χ3n) is 12.1. The molecule has 2 saturated carbocycles. The van der Waals surface area contributed by atoms with Crippen molar-refractivity contribution in [2.45, 2.75) is 118 Å². The number of hydrogen-bond donors (Lipinski definition) is 0. The van der Waals surface area contributed by atoms with Crippen LogP contribution in [0.25, 0.3) is 0 Å². The van der Waals surface area contributed by atoms with E-state index in [1.54, 1.807) is 0 Å². The smallest absolute Gasteiger partial charge is 0.320 e. The molecule has 0 aromatic heterocycles. The van der Waals surface area contributed by atoms with E-state index in [4.69, 9.17) is 14.2 Å². The summed E-state index contributed by atoms with van der Waals surface area (Å²) >= 11 is 0. The fourth-order valence-electron chi connectivity index (χ4n) is 10.1. The molecule has 4 fully saturated rings. The Kier molecular flexibility index (Phi) is 4.98. The zero-order valence-corrected chi connectivity index (χ0v) is 22.8. The van der Waals surface area contributed by atoms with Crippen molar-refractivity contribution in [3.05, 3.63) is 11.1 Å². The molecule has 4 aliphatic heterocycles. The first kappa shape index (κ1) is 24.2. The molecule has 9 unspecified atom stereocenters. The van der Waals surface area contributed by atoms with Gasteiger partial charge in [0.2, 0.25) is 6.29 Å². The summed E-state index contributed by atoms with van der Waals surface area (Å²) in [6.07, 6.45) is 7.13. The Morgan fingerprint density at radius 3 is 2.43 bits per heavy atom. The van der Waals surface area contributed by atoms with Crippen LogP contribution in [0, 0.1) is 39.4 Å². The molecule has 5 nitrogen and oxygen atoms in total. The van der Waals surface area contributed by atoms with E-state index in [-0.39, 0.29) is 33.9 Å². The molecule has 0 aromatic carbocycles. The van der Waals surface area contributed by atoms with Crippen LogP contribution in [-0.4, -0.2) is 36.4 Å². The normalized spacial score (nSPS) is 50.6. The van der Waals surface area contributed by atoms with Crippen LogP contribution in [0.15, 0.2) is 11.1 Å². The number of esters is 1. The molecule has 2 saturated heterocycles. The number of ketones is 1. The van der Waals surface area contributed by atoms with Crippen molar-refractivity contribution in [3.63, 3.8) is 0 Å². The summed E-state index contributed by atoms with van der Waals surface area (Å²) in [5, 5.41) is 0. The van der Waals surface area contributed by atoms with Gasteiger partial charge in [-0.1, -0.05) is 47.1 Å². The average molecular weight is 485 g/mol. The standard InChI is InChI=1S/C30H44O5/c1-17(2)12-19(31)13-18(3)20-8-9-29(7)27(20,5)10-11-28(6)22-15-24-33-16-26(4,25(32)34-24)21(22)14-23-30(28,29)35-23/h17-18,20,23-24H,8-16H2,1-7H3. The van der Waals surface area contributed by atoms with Crippen molar-refractivity contribution >= 4 is 11.8 Å². The maximum absolute atomic E-state index is 13.0. The van der Waals surface area contributed by atoms with Crippen LogP contribution < -0.4 is 0 Å². The van der Waals surface area contributed by atoms with E-state index in [1.165, 1.54) is 17.6 Å². The molecule has 194 valence electrons. The molecule has 9 atom stereocenters. The third-order valence-corrected chi connectivity index (χ3v) is 12.1. The predicted octanol–water partition coefficient (Wildman–Crippen LogP) is 6.00. The minimum Gasteiger partial charge on any atom is -0.435 e. The van der Waals surface area contributed by atoms with Crippen molar-refractivity contribution < 1.29 is 23.8 Å². The highest BCUT2D eigenvalue weighted by Crippen LogP contribution is 2.82. The summed E-state index contributed by atoms with van der Waals surface area (Å²) in [7, 11) is 0. The van der Waals surface area contributed by atoms with Gasteiger partial charge in [-0.25, -0.2) is 0 Å². The van der Waals surface area contributed by atoms with Gasteiger partial charge in [0.05, 0.1) is 12.7 Å². The van der Waals surface area contributed by atoms with Crippen LogP contribution in [-0.2, 0) is 23.8 Å². The lowest BCUT2D eigenvalue weighted by molar-refractivity contribution is -0.215. The molecule has 35 heavy (non-hydrogen) atoms. The first-order valence-corrected chi connectivity index (χ1v) is 14.1. The Hall–Kier alpha value is -1.20. The Balaban J connectivity index is 1.36. The van der Waals surface area contributed by atoms with Crippen molar-refractivity contribution in [2.75, 3.05) is 6.61 Å². The molecule has 0 aromatic rings. The van der Waals surface area contributed by atoms with Crippen LogP contribution in [0.2, 0.25) is 0 Å². The predicted molar refractivity (Wildman–Crippen MR) is 132 cm³/mol. The zero-order chi connectivity index (χ0) is 25.2. The lowest BCUT2D eigenvalue weighted by atomic mass is 9.40. The van der Waals surface area contributed by atoms with E-state index >= 15 is 0 Å². The molecule has 4 heterocycles. The van der Waals surface area contributed by atoms with Crippen LogP contribution in [0.3, 0.4) is 0 Å². The molecule has 2 bridgehead atoms. The maximum Gasteiger partial charge on any atom is 0.320 e. The van der Waals surface area contributed by atoms with E-state index < -0.39 is 11.7 Å². The van der Waals surface area contributed by atoms with Gasteiger partial charge in [0, 0.05) is 30.1 Å². The summed E-state index contributed by atoms with van der Waals surface area (Å²) < 4.78 is 18.7. The van der Waals surface area contributed by atoms with Crippen molar-refractivity contribution in [2.24, 2.45) is 39.4 Å². The quantitative estimate of drug-likeness (QED) is 0.272. The summed E-state index contributed by atoms with van der Waals surface area (Å²) in [5.74, 6) is 1.66. The highest BCUT2D eigenvalue weighted by Gasteiger charge is 2.84. The molecule has 5 heteroatoms. The average Bonchev–Trinajstić information content (AvgIpc) is 3.48. The van der Waals surface area contributed by atoms with Crippen LogP contribution in [0.4, 0.5) is 0 Å². The fourth-order valence-corrected chi connectivity index (χ4v) is 10.1. The van der Waals surface area contributed by atoms with E-state index in [1.807, 2.05) is 6.92 Å². The minimum absolute atomic E-state index is 0.0498. The van der Waals surface area contributed by atoms with Gasteiger partial charge < -0.3 is 14.2 Å². The molecular weight excluding hydrogens is 440 g/mol. The largest absolute Gasteiger partial charge is 0.435 e. The topological polar surface area (TPSA) is 65.1 Å². The van der Waals surface area contributed by atoms with Gasteiger partial charge in [-0.3, -0.25) is 9.59 Å². The molecule has 1 spiro atoms. The number of Topliss-reactive ketones (excluding diaryl/α,β-unsaturated/α-hetero) is 1. The fraction of sp³-hybridized carbons (Fsp3) is 0.867. The van der Waals surface area contributed by atoms with E-state index in [9.17, 15) is 9.59 Å². The molecule has 7 aliphatic rings. The highest BCUT2D eigenvalue weighted by atomic mass is 16.7. The van der Waals surface area contributed by atoms with Gasteiger partial charge in [0.25, 0.3) is 0 Å². The van der Waals surface area contributed by atoms with Gasteiger partial charge in [-0.2, -0.15) is 0 Å². The van der Waals surface area contributed by atoms with Crippen molar-refractivity contribution in [1.29, 1.82) is 0 Å². The third kappa shape index (κ3) is 2.78. The second-order valence-electron chi connectivity index (χ2n) is 14.2. The second kappa shape index (κ2) is 7.22. The SMILES string of the molecule is CC(C)CC(=O)CC(C)C1CCC2(C)C1(C)CCC1(C)C3=C(CC4OC412)C1(C)COC(C3)OC1=O. The van der Waals surface area contributed by atoms with Gasteiger partial charge in [-0.05, 0) is 67.8 Å². The van der Waals surface area contributed by atoms with Gasteiger partial charge in [0.1, 0.15) is 16.8 Å². The number of carbonyl (C=O) groups is 2. The highest BCUT2D eigenvalue weighted by molar-refractivity contribution is 5.82. The first-order valence-electron chi connectivity index (χ1n) is 14.1. The molecule has 0 N–H and O–H groups in total. The number of hydrogen-bond acceptors (Lipinski definition) is 5. The maximum atomic E-state index is 13.0. The van der Waals surface area contributed by atoms with E-state index in [2.05, 4.69) is 41.5 Å². The van der Waals surface area contributed by atoms with Crippen LogP contribution in [0.1, 0.15) is 99.8 Å². The van der Waals surface area contributed by atoms with Crippen molar-refractivity contribution in [1.82, 2.24) is 0 Å². The number of carbonyl (C=O) groups excluding carboxylic acids is 2. The molecule has 3 aliphatic carbocycles. The van der Waals surface area contributed by atoms with Crippen molar-refractivity contribution in [3.8, 4) is 0 Å². The zero-order valence-electron chi connectivity index (χ0n) is 22.8. The number of rotatable bonds is 5. The summed E-state index contributed by atoms with van der Waals surface area (Å²) in [6, 6.07) is 0. The number of epoxide rings is 1. The summed E-state index contributed by atoms with van der Waals surface area (Å²) in [5.41, 5.74) is 1.86. The Morgan fingerprint density at radius 1 is 1.00 bits per heavy atom. The Morgan fingerprint density at radius 2 is 1.74 bits per heavy atom. The first-order chi connectivity index (χ1) is 16.3. The van der Waals surface area contributed by atoms with E-state index in [0.29, 0.717) is 49.4 Å². The monoisotopic (exact) mass is 484 g/mol. The van der Waals surface area contributed by atoms with Crippen LogP contribution >= 0.6 is 0 Å². The lowest BCUT2D eigenvalue weighted by Gasteiger charge is -2.62. The summed E-state index contributed by atoms with van der Waals surface area (Å²) in [6.45, 7) is 16.5. The van der Waals surface area contributed by atoms with Gasteiger partial charge >= 0.3 is 5.97 Å². The molecule has 0 amide bonds. The van der Waals surface area contributed by atoms with Gasteiger partial charge in [-0.15, -0.1) is 0 Å². The molecule has 7 rings (SSSR count). The van der Waals surface area contributed by atoms with E-state index in [0.717, 1.165) is 25.7 Å². The molecule has 0 radical (unpaired) electrons.